The van der Waals surface area contributed by atoms with E-state index in [9.17, 15) is 4.79 Å². The van der Waals surface area contributed by atoms with Crippen molar-refractivity contribution in [3.05, 3.63) is 23.8 Å². The summed E-state index contributed by atoms with van der Waals surface area (Å²) in [6, 6.07) is 4.37. The molecular formula is C7H5AsO3. The van der Waals surface area contributed by atoms with Gasteiger partial charge in [0, 0.05) is 0 Å². The van der Waals surface area contributed by atoms with Crippen LogP contribution in [-0.2, 0) is 0 Å². The molecule has 0 amide bonds. The van der Waals surface area contributed by atoms with Crippen LogP contribution < -0.4 is 4.35 Å². The third-order valence-electron chi connectivity index (χ3n) is 1.21. The average molecular weight is 212 g/mol. The van der Waals surface area contributed by atoms with Crippen molar-refractivity contribution in [1.29, 1.82) is 0 Å². The van der Waals surface area contributed by atoms with Gasteiger partial charge in [0.05, 0.1) is 0 Å². The number of hydrogen-bond acceptors (Lipinski definition) is 2. The molecule has 0 aromatic heterocycles. The predicted molar refractivity (Wildman–Crippen MR) is 40.5 cm³/mol. The minimum absolute atomic E-state index is 0.0696. The topological polar surface area (TPSA) is 57.5 Å². The Hall–Kier alpha value is -0.952. The van der Waals surface area contributed by atoms with Gasteiger partial charge in [-0.3, -0.25) is 0 Å². The van der Waals surface area contributed by atoms with Crippen LogP contribution in [-0.4, -0.2) is 33.0 Å². The molecule has 0 unspecified atom stereocenters. The Morgan fingerprint density at radius 2 is 2.09 bits per heavy atom. The Balaban J connectivity index is 3.20. The first-order chi connectivity index (χ1) is 5.11. The van der Waals surface area contributed by atoms with E-state index in [1.807, 2.05) is 0 Å². The number of benzene rings is 1. The molecule has 2 radical (unpaired) electrons. The predicted octanol–water partition coefficient (Wildman–Crippen LogP) is -0.116. The van der Waals surface area contributed by atoms with Crippen LogP contribution in [0.3, 0.4) is 0 Å². The van der Waals surface area contributed by atoms with Crippen LogP contribution in [0.25, 0.3) is 0 Å². The van der Waals surface area contributed by atoms with Crippen LogP contribution in [0.4, 0.5) is 0 Å². The molecule has 0 heterocycles. The molecule has 0 aliphatic heterocycles. The normalized spacial score (nSPS) is 9.55. The Bertz CT molecular complexity index is 296. The molecule has 0 aliphatic rings. The maximum atomic E-state index is 10.4. The van der Waals surface area contributed by atoms with Crippen LogP contribution >= 0.6 is 0 Å². The molecule has 3 nitrogen and oxygen atoms in total. The maximum absolute atomic E-state index is 10.4. The first-order valence-corrected chi connectivity index (χ1v) is 3.80. The standard InChI is InChI=1S/C7H5AsO3/c8-4-1-2-5(7(10)11)6(9)3-4/h1-3,9H,(H,10,11). The number of aromatic hydroxyl groups is 1. The summed E-state index contributed by atoms with van der Waals surface area (Å²) < 4.78 is 0.778. The summed E-state index contributed by atoms with van der Waals surface area (Å²) in [4.78, 5) is 10.4. The molecule has 0 saturated heterocycles. The number of carboxylic acid groups (broad SMARTS) is 1. The van der Waals surface area contributed by atoms with Crippen LogP contribution in [0.1, 0.15) is 10.4 Å². The molecule has 1 aromatic rings. The third-order valence-corrected chi connectivity index (χ3v) is 1.80. The molecule has 1 rings (SSSR count). The molecule has 0 bridgehead atoms. The molecule has 1 aromatic carbocycles. The van der Waals surface area contributed by atoms with Gasteiger partial charge >= 0.3 is 71.7 Å². The van der Waals surface area contributed by atoms with E-state index < -0.39 is 5.97 Å². The van der Waals surface area contributed by atoms with E-state index in [1.165, 1.54) is 12.1 Å². The van der Waals surface area contributed by atoms with Gasteiger partial charge in [0.1, 0.15) is 0 Å². The second-order valence-corrected chi connectivity index (χ2v) is 3.09. The van der Waals surface area contributed by atoms with Crippen molar-refractivity contribution in [2.45, 2.75) is 0 Å². The Labute approximate surface area is 72.2 Å². The molecule has 11 heavy (non-hydrogen) atoms. The summed E-state index contributed by atoms with van der Waals surface area (Å²) in [5.41, 5.74) is -0.0696. The van der Waals surface area contributed by atoms with E-state index in [0.717, 1.165) is 4.35 Å². The zero-order chi connectivity index (χ0) is 8.43. The summed E-state index contributed by atoms with van der Waals surface area (Å²) in [5.74, 6) is -1.31. The van der Waals surface area contributed by atoms with Gasteiger partial charge in [-0.25, -0.2) is 0 Å². The summed E-state index contributed by atoms with van der Waals surface area (Å²) in [7, 11) is 0. The molecule has 0 fully saturated rings. The Morgan fingerprint density at radius 3 is 2.55 bits per heavy atom. The van der Waals surface area contributed by atoms with Gasteiger partial charge in [-0.2, -0.15) is 0 Å². The van der Waals surface area contributed by atoms with Crippen molar-refractivity contribution in [3.8, 4) is 5.75 Å². The minimum atomic E-state index is -1.12. The van der Waals surface area contributed by atoms with Crippen molar-refractivity contribution < 1.29 is 15.0 Å². The van der Waals surface area contributed by atoms with Crippen molar-refractivity contribution in [2.75, 3.05) is 0 Å². The molecule has 2 N–H and O–H groups in total. The number of carboxylic acids is 1. The number of phenols is 1. The quantitative estimate of drug-likeness (QED) is 0.638. The number of carbonyl (C=O) groups is 1. The zero-order valence-electron chi connectivity index (χ0n) is 5.48. The van der Waals surface area contributed by atoms with Gasteiger partial charge in [-0.15, -0.1) is 0 Å². The van der Waals surface area contributed by atoms with E-state index in [4.69, 9.17) is 10.2 Å². The van der Waals surface area contributed by atoms with E-state index in [0.29, 0.717) is 0 Å². The number of aromatic carboxylic acids is 1. The van der Waals surface area contributed by atoms with Gasteiger partial charge in [-0.05, 0) is 0 Å². The zero-order valence-corrected chi connectivity index (χ0v) is 7.36. The van der Waals surface area contributed by atoms with Gasteiger partial charge in [0.2, 0.25) is 0 Å². The molecule has 0 atom stereocenters. The molecule has 56 valence electrons. The van der Waals surface area contributed by atoms with Crippen LogP contribution in [0.15, 0.2) is 18.2 Å². The fourth-order valence-corrected chi connectivity index (χ4v) is 1.11. The second kappa shape index (κ2) is 2.97. The molecule has 4 heteroatoms. The van der Waals surface area contributed by atoms with E-state index >= 15 is 0 Å². The average Bonchev–Trinajstić information content (AvgIpc) is 1.85. The van der Waals surface area contributed by atoms with Crippen molar-refractivity contribution in [1.82, 2.24) is 0 Å². The molecule has 0 aliphatic carbocycles. The summed E-state index contributed by atoms with van der Waals surface area (Å²) >= 11 is 2.22. The van der Waals surface area contributed by atoms with Gasteiger partial charge in [0.25, 0.3) is 0 Å². The van der Waals surface area contributed by atoms with Crippen molar-refractivity contribution in [2.24, 2.45) is 0 Å². The monoisotopic (exact) mass is 212 g/mol. The van der Waals surface area contributed by atoms with E-state index in [-0.39, 0.29) is 11.3 Å². The molecule has 0 spiro atoms. The van der Waals surface area contributed by atoms with E-state index in [1.54, 1.807) is 6.07 Å². The second-order valence-electron chi connectivity index (χ2n) is 2.01. The van der Waals surface area contributed by atoms with E-state index in [2.05, 4.69) is 16.9 Å². The SMILES string of the molecule is O=C(O)c1ccc([As])cc1O. The van der Waals surface area contributed by atoms with Crippen LogP contribution in [0.5, 0.6) is 5.75 Å². The number of hydrogen-bond donors (Lipinski definition) is 2. The molecule has 0 saturated carbocycles. The fraction of sp³-hybridized carbons (Fsp3) is 0. The summed E-state index contributed by atoms with van der Waals surface area (Å²) in [5, 5.41) is 17.6. The first-order valence-electron chi connectivity index (χ1n) is 2.86. The Kier molecular flexibility index (Phi) is 2.20. The molecular weight excluding hydrogens is 207 g/mol. The van der Waals surface area contributed by atoms with Crippen molar-refractivity contribution >= 4 is 27.2 Å². The summed E-state index contributed by atoms with van der Waals surface area (Å²) in [6.45, 7) is 0. The first kappa shape index (κ1) is 8.15. The van der Waals surface area contributed by atoms with Crippen LogP contribution in [0.2, 0.25) is 0 Å². The third kappa shape index (κ3) is 1.75. The van der Waals surface area contributed by atoms with Gasteiger partial charge < -0.3 is 0 Å². The fourth-order valence-electron chi connectivity index (χ4n) is 0.701. The number of rotatable bonds is 1. The van der Waals surface area contributed by atoms with Gasteiger partial charge in [-0.1, -0.05) is 0 Å². The Morgan fingerprint density at radius 1 is 1.45 bits per heavy atom. The van der Waals surface area contributed by atoms with Crippen molar-refractivity contribution in [3.63, 3.8) is 0 Å². The van der Waals surface area contributed by atoms with Crippen LogP contribution in [0, 0.1) is 0 Å². The summed E-state index contributed by atoms with van der Waals surface area (Å²) in [6.07, 6.45) is 0. The van der Waals surface area contributed by atoms with Gasteiger partial charge in [0.15, 0.2) is 0 Å².